The van der Waals surface area contributed by atoms with E-state index in [1.54, 1.807) is 7.11 Å². The quantitative estimate of drug-likeness (QED) is 0.586. The third-order valence-corrected chi connectivity index (χ3v) is 5.05. The number of rotatable bonds is 8. The summed E-state index contributed by atoms with van der Waals surface area (Å²) in [5, 5.41) is 3.89. The molecule has 6 nitrogen and oxygen atoms in total. The van der Waals surface area contributed by atoms with Gasteiger partial charge in [0.2, 0.25) is 0 Å². The van der Waals surface area contributed by atoms with E-state index in [9.17, 15) is 4.79 Å². The van der Waals surface area contributed by atoms with Gasteiger partial charge in [0.05, 0.1) is 13.7 Å². The number of methoxy groups -OCH3 is 1. The number of ether oxygens (including phenoxy) is 3. The van der Waals surface area contributed by atoms with Crippen molar-refractivity contribution in [1.29, 1.82) is 0 Å². The topological polar surface area (TPSA) is 69.9 Å². The van der Waals surface area contributed by atoms with E-state index >= 15 is 0 Å². The Morgan fingerprint density at radius 2 is 1.90 bits per heavy atom. The summed E-state index contributed by atoms with van der Waals surface area (Å²) in [6, 6.07) is 13.1. The molecule has 2 aromatic carbocycles. The summed E-state index contributed by atoms with van der Waals surface area (Å²) in [7, 11) is 1.60. The monoisotopic (exact) mass is 395 g/mol. The number of benzene rings is 2. The van der Waals surface area contributed by atoms with Crippen molar-refractivity contribution in [2.45, 2.75) is 25.7 Å². The molecule has 0 saturated carbocycles. The molecule has 1 aliphatic carbocycles. The van der Waals surface area contributed by atoms with Crippen molar-refractivity contribution in [3.8, 4) is 17.2 Å². The van der Waals surface area contributed by atoms with Crippen LogP contribution in [0.2, 0.25) is 0 Å². The van der Waals surface area contributed by atoms with E-state index in [0.29, 0.717) is 30.4 Å². The average molecular weight is 395 g/mol. The van der Waals surface area contributed by atoms with Crippen LogP contribution in [0.25, 0.3) is 11.0 Å². The van der Waals surface area contributed by atoms with Gasteiger partial charge in [-0.1, -0.05) is 12.1 Å². The first-order chi connectivity index (χ1) is 14.2. The Kier molecular flexibility index (Phi) is 5.89. The molecule has 0 fully saturated rings. The van der Waals surface area contributed by atoms with Crippen LogP contribution in [0.3, 0.4) is 0 Å². The Hall–Kier alpha value is -3.15. The number of para-hydroxylation sites is 2. The molecule has 1 aromatic heterocycles. The number of amides is 1. The number of carbonyl (C=O) groups is 1. The minimum Gasteiger partial charge on any atom is -0.493 e. The number of fused-ring (bicyclic) bond motifs is 3. The number of hydrogen-bond donors (Lipinski definition) is 1. The van der Waals surface area contributed by atoms with Crippen LogP contribution in [0.5, 0.6) is 17.2 Å². The predicted molar refractivity (Wildman–Crippen MR) is 110 cm³/mol. The van der Waals surface area contributed by atoms with Crippen molar-refractivity contribution < 1.29 is 23.4 Å². The van der Waals surface area contributed by atoms with Gasteiger partial charge in [0.15, 0.2) is 18.1 Å². The molecule has 0 radical (unpaired) electrons. The standard InChI is InChI=1S/C23H25NO5/c1-26-21-8-4-5-9-22(21)27-13-12-24-23(25)15-28-16-10-11-20-18(14-16)17-6-2-3-7-19(17)29-20/h4-5,8-11,14H,2-3,6-7,12-13,15H2,1H3,(H,24,25). The maximum absolute atomic E-state index is 12.1. The van der Waals surface area contributed by atoms with Crippen LogP contribution in [0.4, 0.5) is 0 Å². The SMILES string of the molecule is COc1ccccc1OCCNC(=O)COc1ccc2oc3c(c2c1)CCCC3. The van der Waals surface area contributed by atoms with Crippen molar-refractivity contribution in [2.75, 3.05) is 26.9 Å². The van der Waals surface area contributed by atoms with E-state index in [4.69, 9.17) is 18.6 Å². The van der Waals surface area contributed by atoms with Crippen LogP contribution >= 0.6 is 0 Å². The van der Waals surface area contributed by atoms with E-state index < -0.39 is 0 Å². The van der Waals surface area contributed by atoms with Gasteiger partial charge >= 0.3 is 0 Å². The van der Waals surface area contributed by atoms with Crippen LogP contribution in [0, 0.1) is 0 Å². The van der Waals surface area contributed by atoms with Gasteiger partial charge in [-0.15, -0.1) is 0 Å². The number of nitrogens with one attached hydrogen (secondary N) is 1. The smallest absolute Gasteiger partial charge is 0.258 e. The third kappa shape index (κ3) is 4.47. The summed E-state index contributed by atoms with van der Waals surface area (Å²) >= 11 is 0. The number of hydrogen-bond acceptors (Lipinski definition) is 5. The first-order valence-corrected chi connectivity index (χ1v) is 9.94. The molecule has 1 heterocycles. The Morgan fingerprint density at radius 1 is 1.07 bits per heavy atom. The van der Waals surface area contributed by atoms with Crippen LogP contribution < -0.4 is 19.5 Å². The van der Waals surface area contributed by atoms with Crippen LogP contribution in [0.1, 0.15) is 24.2 Å². The minimum atomic E-state index is -0.192. The Labute approximate surface area is 169 Å². The third-order valence-electron chi connectivity index (χ3n) is 5.05. The van der Waals surface area contributed by atoms with Gasteiger partial charge in [0, 0.05) is 17.4 Å². The maximum Gasteiger partial charge on any atom is 0.258 e. The second-order valence-electron chi connectivity index (χ2n) is 7.01. The van der Waals surface area contributed by atoms with Gasteiger partial charge in [-0.05, 0) is 49.6 Å². The van der Waals surface area contributed by atoms with E-state index in [-0.39, 0.29) is 12.5 Å². The molecule has 0 aliphatic heterocycles. The Morgan fingerprint density at radius 3 is 2.76 bits per heavy atom. The molecule has 1 aliphatic rings. The first kappa shape index (κ1) is 19.2. The summed E-state index contributed by atoms with van der Waals surface area (Å²) in [5.74, 6) is 2.89. The van der Waals surface area contributed by atoms with E-state index in [1.165, 1.54) is 18.4 Å². The summed E-state index contributed by atoms with van der Waals surface area (Å²) < 4.78 is 22.5. The highest BCUT2D eigenvalue weighted by Gasteiger charge is 2.18. The zero-order valence-electron chi connectivity index (χ0n) is 16.5. The molecular formula is C23H25NO5. The normalized spacial score (nSPS) is 13.0. The molecule has 6 heteroatoms. The van der Waals surface area contributed by atoms with Crippen molar-refractivity contribution in [1.82, 2.24) is 5.32 Å². The fraction of sp³-hybridized carbons (Fsp3) is 0.348. The van der Waals surface area contributed by atoms with Crippen LogP contribution in [-0.4, -0.2) is 32.8 Å². The molecule has 29 heavy (non-hydrogen) atoms. The van der Waals surface area contributed by atoms with Crippen LogP contribution in [-0.2, 0) is 17.6 Å². The lowest BCUT2D eigenvalue weighted by Crippen LogP contribution is -2.32. The Balaban J connectivity index is 1.25. The summed E-state index contributed by atoms with van der Waals surface area (Å²) in [6.07, 6.45) is 4.40. The molecule has 4 rings (SSSR count). The zero-order valence-corrected chi connectivity index (χ0v) is 16.5. The maximum atomic E-state index is 12.1. The van der Waals surface area contributed by atoms with Crippen LogP contribution in [0.15, 0.2) is 46.9 Å². The largest absolute Gasteiger partial charge is 0.493 e. The first-order valence-electron chi connectivity index (χ1n) is 9.94. The van der Waals surface area contributed by atoms with Gasteiger partial charge in [-0.3, -0.25) is 4.79 Å². The summed E-state index contributed by atoms with van der Waals surface area (Å²) in [5.41, 5.74) is 2.18. The zero-order chi connectivity index (χ0) is 20.1. The molecular weight excluding hydrogens is 370 g/mol. The van der Waals surface area contributed by atoms with E-state index in [2.05, 4.69) is 5.32 Å². The van der Waals surface area contributed by atoms with Gasteiger partial charge in [0.1, 0.15) is 23.7 Å². The highest BCUT2D eigenvalue weighted by atomic mass is 16.5. The second-order valence-corrected chi connectivity index (χ2v) is 7.01. The lowest BCUT2D eigenvalue weighted by molar-refractivity contribution is -0.123. The fourth-order valence-electron chi connectivity index (χ4n) is 3.62. The molecule has 0 spiro atoms. The molecule has 152 valence electrons. The highest BCUT2D eigenvalue weighted by Crippen LogP contribution is 2.33. The number of carbonyl (C=O) groups excluding carboxylic acids is 1. The highest BCUT2D eigenvalue weighted by molar-refractivity contribution is 5.84. The predicted octanol–water partition coefficient (Wildman–Crippen LogP) is 3.89. The fourth-order valence-corrected chi connectivity index (χ4v) is 3.62. The van der Waals surface area contributed by atoms with Crippen molar-refractivity contribution in [2.24, 2.45) is 0 Å². The lowest BCUT2D eigenvalue weighted by atomic mass is 9.96. The van der Waals surface area contributed by atoms with Gasteiger partial charge < -0.3 is 23.9 Å². The molecule has 0 atom stereocenters. The molecule has 0 unspecified atom stereocenters. The number of aryl methyl sites for hydroxylation is 2. The van der Waals surface area contributed by atoms with E-state index in [1.807, 2.05) is 42.5 Å². The molecule has 1 amide bonds. The minimum absolute atomic E-state index is 0.0415. The molecule has 0 saturated heterocycles. The number of furan rings is 1. The molecule has 1 N–H and O–H groups in total. The van der Waals surface area contributed by atoms with Gasteiger partial charge in [0.25, 0.3) is 5.91 Å². The summed E-state index contributed by atoms with van der Waals surface area (Å²) in [4.78, 5) is 12.1. The lowest BCUT2D eigenvalue weighted by Gasteiger charge is -2.11. The van der Waals surface area contributed by atoms with Gasteiger partial charge in [-0.25, -0.2) is 0 Å². The molecule has 0 bridgehead atoms. The summed E-state index contributed by atoms with van der Waals surface area (Å²) in [6.45, 7) is 0.688. The van der Waals surface area contributed by atoms with Crippen molar-refractivity contribution >= 4 is 16.9 Å². The van der Waals surface area contributed by atoms with Gasteiger partial charge in [-0.2, -0.15) is 0 Å². The molecule has 3 aromatic rings. The van der Waals surface area contributed by atoms with Crippen molar-refractivity contribution in [3.63, 3.8) is 0 Å². The van der Waals surface area contributed by atoms with Crippen molar-refractivity contribution in [3.05, 3.63) is 53.8 Å². The second kappa shape index (κ2) is 8.90. The Bertz CT molecular complexity index is 994. The average Bonchev–Trinajstić information content (AvgIpc) is 3.13. The van der Waals surface area contributed by atoms with E-state index in [0.717, 1.165) is 29.6 Å².